The second kappa shape index (κ2) is 4.82. The molecule has 0 aromatic heterocycles. The number of benzene rings is 1. The third-order valence-electron chi connectivity index (χ3n) is 1.76. The average Bonchev–Trinajstić information content (AvgIpc) is 2.19. The lowest BCUT2D eigenvalue weighted by Crippen LogP contribution is -2.09. The molecule has 1 N–H and O–H groups in total. The van der Waals surface area contributed by atoms with Crippen molar-refractivity contribution in [2.24, 2.45) is 0 Å². The highest BCUT2D eigenvalue weighted by atomic mass is 16.6. The Hall–Kier alpha value is -2.09. The van der Waals surface area contributed by atoms with Crippen LogP contribution in [0.15, 0.2) is 24.3 Å². The standard InChI is InChI=1S/C9H9N3O2/c10-7-11-6-5-8-1-3-9(4-2-8)12(13)14/h1-4,11H,5-6H2. The third kappa shape index (κ3) is 2.75. The highest BCUT2D eigenvalue weighted by molar-refractivity contribution is 5.32. The van der Waals surface area contributed by atoms with Crippen LogP contribution >= 0.6 is 0 Å². The summed E-state index contributed by atoms with van der Waals surface area (Å²) in [6.07, 6.45) is 2.50. The summed E-state index contributed by atoms with van der Waals surface area (Å²) >= 11 is 0. The third-order valence-corrected chi connectivity index (χ3v) is 1.76. The minimum Gasteiger partial charge on any atom is -0.324 e. The fourth-order valence-corrected chi connectivity index (χ4v) is 1.05. The van der Waals surface area contributed by atoms with Gasteiger partial charge in [0.2, 0.25) is 0 Å². The number of nitrogens with zero attached hydrogens (tertiary/aromatic N) is 2. The Kier molecular flexibility index (Phi) is 3.44. The SMILES string of the molecule is N#CNCCc1ccc([N+](=O)[O-])cc1. The van der Waals surface area contributed by atoms with Gasteiger partial charge in [0.15, 0.2) is 6.19 Å². The first-order valence-electron chi connectivity index (χ1n) is 4.09. The zero-order valence-corrected chi connectivity index (χ0v) is 7.43. The zero-order chi connectivity index (χ0) is 10.4. The van der Waals surface area contributed by atoms with E-state index in [4.69, 9.17) is 5.26 Å². The normalized spacial score (nSPS) is 9.07. The number of nitro benzene ring substituents is 1. The van der Waals surface area contributed by atoms with E-state index in [0.29, 0.717) is 13.0 Å². The molecule has 0 saturated carbocycles. The highest BCUT2D eigenvalue weighted by Crippen LogP contribution is 2.11. The second-order valence-electron chi connectivity index (χ2n) is 2.71. The van der Waals surface area contributed by atoms with Gasteiger partial charge in [0.05, 0.1) is 4.92 Å². The zero-order valence-electron chi connectivity index (χ0n) is 7.43. The first-order chi connectivity index (χ1) is 6.74. The molecule has 0 radical (unpaired) electrons. The van der Waals surface area contributed by atoms with Crippen LogP contribution in [0.3, 0.4) is 0 Å². The lowest BCUT2D eigenvalue weighted by atomic mass is 10.1. The molecule has 0 amide bonds. The monoisotopic (exact) mass is 191 g/mol. The molecule has 0 heterocycles. The van der Waals surface area contributed by atoms with Crippen LogP contribution in [-0.2, 0) is 6.42 Å². The van der Waals surface area contributed by atoms with Gasteiger partial charge in [0, 0.05) is 18.7 Å². The summed E-state index contributed by atoms with van der Waals surface area (Å²) in [5, 5.41) is 21.0. The average molecular weight is 191 g/mol. The van der Waals surface area contributed by atoms with E-state index in [1.54, 1.807) is 12.1 Å². The van der Waals surface area contributed by atoms with E-state index < -0.39 is 4.92 Å². The fourth-order valence-electron chi connectivity index (χ4n) is 1.05. The Bertz CT molecular complexity index is 353. The van der Waals surface area contributed by atoms with Crippen molar-refractivity contribution in [2.45, 2.75) is 6.42 Å². The van der Waals surface area contributed by atoms with E-state index in [1.165, 1.54) is 12.1 Å². The van der Waals surface area contributed by atoms with Crippen molar-refractivity contribution >= 4 is 5.69 Å². The molecule has 0 aliphatic heterocycles. The van der Waals surface area contributed by atoms with Gasteiger partial charge in [-0.3, -0.25) is 10.1 Å². The van der Waals surface area contributed by atoms with Crippen LogP contribution in [0.2, 0.25) is 0 Å². The molecule has 0 saturated heterocycles. The molecular formula is C9H9N3O2. The van der Waals surface area contributed by atoms with Crippen LogP contribution in [-0.4, -0.2) is 11.5 Å². The van der Waals surface area contributed by atoms with E-state index >= 15 is 0 Å². The van der Waals surface area contributed by atoms with Crippen LogP contribution in [0.5, 0.6) is 0 Å². The molecule has 1 aromatic rings. The van der Waals surface area contributed by atoms with Crippen LogP contribution in [0.4, 0.5) is 5.69 Å². The molecular weight excluding hydrogens is 182 g/mol. The maximum Gasteiger partial charge on any atom is 0.269 e. The predicted octanol–water partition coefficient (Wildman–Crippen LogP) is 1.21. The maximum atomic E-state index is 10.3. The first kappa shape index (κ1) is 9.99. The lowest BCUT2D eigenvalue weighted by Gasteiger charge is -1.98. The van der Waals surface area contributed by atoms with Gasteiger partial charge in [-0.2, -0.15) is 5.26 Å². The Labute approximate surface area is 81.1 Å². The Morgan fingerprint density at radius 1 is 1.43 bits per heavy atom. The summed E-state index contributed by atoms with van der Waals surface area (Å²) in [5.41, 5.74) is 1.06. The topological polar surface area (TPSA) is 79.0 Å². The van der Waals surface area contributed by atoms with Crippen molar-refractivity contribution in [3.05, 3.63) is 39.9 Å². The molecule has 0 bridgehead atoms. The Morgan fingerprint density at radius 2 is 2.07 bits per heavy atom. The molecule has 0 atom stereocenters. The summed E-state index contributed by atoms with van der Waals surface area (Å²) < 4.78 is 0. The van der Waals surface area contributed by atoms with E-state index in [-0.39, 0.29) is 5.69 Å². The minimum atomic E-state index is -0.433. The predicted molar refractivity (Wildman–Crippen MR) is 50.4 cm³/mol. The van der Waals surface area contributed by atoms with Crippen molar-refractivity contribution in [3.63, 3.8) is 0 Å². The van der Waals surface area contributed by atoms with E-state index in [9.17, 15) is 10.1 Å². The largest absolute Gasteiger partial charge is 0.324 e. The van der Waals surface area contributed by atoms with Crippen molar-refractivity contribution in [2.75, 3.05) is 6.54 Å². The van der Waals surface area contributed by atoms with Crippen LogP contribution in [0, 0.1) is 21.6 Å². The van der Waals surface area contributed by atoms with Crippen LogP contribution < -0.4 is 5.32 Å². The van der Waals surface area contributed by atoms with E-state index in [2.05, 4.69) is 5.32 Å². The molecule has 5 nitrogen and oxygen atoms in total. The number of nitrogens with one attached hydrogen (secondary N) is 1. The molecule has 0 aliphatic rings. The van der Waals surface area contributed by atoms with Gasteiger partial charge in [-0.05, 0) is 12.0 Å². The van der Waals surface area contributed by atoms with Gasteiger partial charge in [0.25, 0.3) is 5.69 Å². The first-order valence-corrected chi connectivity index (χ1v) is 4.09. The van der Waals surface area contributed by atoms with Crippen molar-refractivity contribution in [1.82, 2.24) is 5.32 Å². The van der Waals surface area contributed by atoms with E-state index in [0.717, 1.165) is 5.56 Å². The Morgan fingerprint density at radius 3 is 2.57 bits per heavy atom. The smallest absolute Gasteiger partial charge is 0.269 e. The summed E-state index contributed by atoms with van der Waals surface area (Å²) in [6, 6.07) is 6.30. The number of hydrogen-bond donors (Lipinski definition) is 1. The molecule has 0 spiro atoms. The summed E-state index contributed by atoms with van der Waals surface area (Å²) in [4.78, 5) is 9.89. The summed E-state index contributed by atoms with van der Waals surface area (Å²) in [5.74, 6) is 0. The summed E-state index contributed by atoms with van der Waals surface area (Å²) in [7, 11) is 0. The molecule has 14 heavy (non-hydrogen) atoms. The molecule has 0 fully saturated rings. The molecule has 0 aliphatic carbocycles. The second-order valence-corrected chi connectivity index (χ2v) is 2.71. The van der Waals surface area contributed by atoms with Gasteiger partial charge in [-0.25, -0.2) is 0 Å². The lowest BCUT2D eigenvalue weighted by molar-refractivity contribution is -0.384. The van der Waals surface area contributed by atoms with Gasteiger partial charge in [-0.15, -0.1) is 0 Å². The fraction of sp³-hybridized carbons (Fsp3) is 0.222. The number of rotatable bonds is 4. The summed E-state index contributed by atoms with van der Waals surface area (Å²) in [6.45, 7) is 0.550. The van der Waals surface area contributed by atoms with Gasteiger partial charge in [-0.1, -0.05) is 12.1 Å². The van der Waals surface area contributed by atoms with Gasteiger partial charge in [0.1, 0.15) is 0 Å². The van der Waals surface area contributed by atoms with Gasteiger partial charge >= 0.3 is 0 Å². The minimum absolute atomic E-state index is 0.0852. The van der Waals surface area contributed by atoms with Crippen molar-refractivity contribution < 1.29 is 4.92 Å². The van der Waals surface area contributed by atoms with E-state index in [1.807, 2.05) is 6.19 Å². The molecule has 0 unspecified atom stereocenters. The maximum absolute atomic E-state index is 10.3. The molecule has 5 heteroatoms. The number of nitro groups is 1. The molecule has 72 valence electrons. The van der Waals surface area contributed by atoms with Crippen LogP contribution in [0.1, 0.15) is 5.56 Å². The van der Waals surface area contributed by atoms with Crippen molar-refractivity contribution in [1.29, 1.82) is 5.26 Å². The number of nitriles is 1. The molecule has 1 aromatic carbocycles. The quantitative estimate of drug-likeness (QED) is 0.255. The number of non-ortho nitro benzene ring substituents is 1. The Balaban J connectivity index is 2.56. The number of hydrogen-bond acceptors (Lipinski definition) is 4. The van der Waals surface area contributed by atoms with Crippen LogP contribution in [0.25, 0.3) is 0 Å². The molecule has 1 rings (SSSR count). The highest BCUT2D eigenvalue weighted by Gasteiger charge is 2.02. The van der Waals surface area contributed by atoms with Crippen molar-refractivity contribution in [3.8, 4) is 6.19 Å². The van der Waals surface area contributed by atoms with Gasteiger partial charge < -0.3 is 5.32 Å².